The second-order valence-electron chi connectivity index (χ2n) is 2.20. The van der Waals surface area contributed by atoms with Gasteiger partial charge in [-0.05, 0) is 38.6 Å². The van der Waals surface area contributed by atoms with Crippen LogP contribution in [0.2, 0.25) is 0 Å². The molecule has 0 spiro atoms. The highest BCUT2D eigenvalue weighted by Gasteiger charge is 1.51. The summed E-state index contributed by atoms with van der Waals surface area (Å²) in [7, 11) is 3.50. The number of allylic oxidation sites excluding steroid dienone is 3. The number of methoxy groups -OCH3 is 1. The first kappa shape index (κ1) is 49.5. The molecule has 0 aliphatic rings. The number of hydrogen-bond donors (Lipinski definition) is 1. The van der Waals surface area contributed by atoms with Crippen molar-refractivity contribution in [2.24, 2.45) is 0 Å². The van der Waals surface area contributed by atoms with Gasteiger partial charge < -0.3 is 10.1 Å². The van der Waals surface area contributed by atoms with Crippen LogP contribution < -0.4 is 5.32 Å². The maximum atomic E-state index is 4.51. The SMILES string of the molecule is C.C.C/C=C\NC.C/C=C\OC.C/C=C\SC.CC.CC.CC. The molecule has 0 amide bonds. The Morgan fingerprint density at radius 2 is 1.17 bits per heavy atom. The number of rotatable bonds is 3. The fourth-order valence-corrected chi connectivity index (χ4v) is 0.711. The molecule has 1 N–H and O–H groups in total. The molecule has 0 aromatic carbocycles. The molecule has 0 fully saturated rings. The van der Waals surface area contributed by atoms with Crippen LogP contribution in [-0.2, 0) is 4.74 Å². The standard InChI is InChI=1S/C4H9N.C4H8O.C4H8S.3C2H6.2CH4/c3*1-3-4-5-2;3*1-2;;/h3-5H,1-2H3;2*3-4H,1-2H3;3*1-2H3;2*1H4/b3*4-3-;;;;;. The minimum Gasteiger partial charge on any atom is -0.505 e. The molecule has 0 saturated heterocycles. The molecule has 0 atom stereocenters. The van der Waals surface area contributed by atoms with Crippen LogP contribution in [0, 0.1) is 0 Å². The predicted molar refractivity (Wildman–Crippen MR) is 122 cm³/mol. The largest absolute Gasteiger partial charge is 0.505 e. The van der Waals surface area contributed by atoms with E-state index < -0.39 is 0 Å². The molecule has 0 saturated carbocycles. The lowest BCUT2D eigenvalue weighted by Gasteiger charge is -1.76. The van der Waals surface area contributed by atoms with Gasteiger partial charge in [-0.2, -0.15) is 0 Å². The number of hydrogen-bond acceptors (Lipinski definition) is 3. The fraction of sp³-hybridized carbons (Fsp3) is 0.700. The molecule has 0 radical (unpaired) electrons. The van der Waals surface area contributed by atoms with Gasteiger partial charge >= 0.3 is 0 Å². The highest BCUT2D eigenvalue weighted by Crippen LogP contribution is 1.89. The van der Waals surface area contributed by atoms with Crippen LogP contribution in [0.4, 0.5) is 0 Å². The van der Waals surface area contributed by atoms with Crippen molar-refractivity contribution in [1.29, 1.82) is 0 Å². The summed E-state index contributed by atoms with van der Waals surface area (Å²) >= 11 is 1.72. The van der Waals surface area contributed by atoms with E-state index in [9.17, 15) is 0 Å². The minimum absolute atomic E-state index is 0. The summed E-state index contributed by atoms with van der Waals surface area (Å²) in [5, 5.41) is 4.88. The Morgan fingerprint density at radius 3 is 1.17 bits per heavy atom. The Balaban J connectivity index is -0.0000000202. The van der Waals surface area contributed by atoms with E-state index in [-0.39, 0.29) is 14.9 Å². The van der Waals surface area contributed by atoms with Gasteiger partial charge in [0.25, 0.3) is 0 Å². The van der Waals surface area contributed by atoms with Gasteiger partial charge in [0.1, 0.15) is 0 Å². The van der Waals surface area contributed by atoms with E-state index >= 15 is 0 Å². The van der Waals surface area contributed by atoms with Crippen LogP contribution in [0.15, 0.2) is 36.1 Å². The second-order valence-corrected chi connectivity index (χ2v) is 2.94. The molecule has 23 heavy (non-hydrogen) atoms. The zero-order chi connectivity index (χ0) is 18.4. The molecule has 0 unspecified atom stereocenters. The topological polar surface area (TPSA) is 21.3 Å². The van der Waals surface area contributed by atoms with Gasteiger partial charge in [0.05, 0.1) is 13.4 Å². The monoisotopic (exact) mass is 353 g/mol. The third-order valence-corrected chi connectivity index (χ3v) is 1.42. The van der Waals surface area contributed by atoms with Crippen molar-refractivity contribution < 1.29 is 4.74 Å². The van der Waals surface area contributed by atoms with Crippen molar-refractivity contribution in [2.45, 2.75) is 77.2 Å². The lowest BCUT2D eigenvalue weighted by Crippen LogP contribution is -1.89. The summed E-state index contributed by atoms with van der Waals surface area (Å²) in [6, 6.07) is 0. The summed E-state index contributed by atoms with van der Waals surface area (Å²) in [6.45, 7) is 17.9. The van der Waals surface area contributed by atoms with Crippen molar-refractivity contribution >= 4 is 11.8 Å². The van der Waals surface area contributed by atoms with Gasteiger partial charge in [-0.3, -0.25) is 0 Å². The predicted octanol–water partition coefficient (Wildman–Crippen LogP) is 8.14. The molecule has 0 heterocycles. The van der Waals surface area contributed by atoms with E-state index in [1.807, 2.05) is 105 Å². The van der Waals surface area contributed by atoms with E-state index in [1.165, 1.54) is 0 Å². The van der Waals surface area contributed by atoms with Crippen LogP contribution in [-0.4, -0.2) is 20.4 Å². The molecule has 0 bridgehead atoms. The van der Waals surface area contributed by atoms with Gasteiger partial charge in [-0.15, -0.1) is 11.8 Å². The van der Waals surface area contributed by atoms with Crippen LogP contribution in [0.25, 0.3) is 0 Å². The summed E-state index contributed by atoms with van der Waals surface area (Å²) < 4.78 is 4.51. The quantitative estimate of drug-likeness (QED) is 0.517. The highest BCUT2D eigenvalue weighted by molar-refractivity contribution is 8.01. The van der Waals surface area contributed by atoms with E-state index in [0.29, 0.717) is 0 Å². The Kier molecular flexibility index (Phi) is 278. The van der Waals surface area contributed by atoms with Gasteiger partial charge in [0, 0.05) is 7.05 Å². The summed E-state index contributed by atoms with van der Waals surface area (Å²) in [5.74, 6) is 0. The molecule has 0 aromatic heterocycles. The van der Waals surface area contributed by atoms with Crippen LogP contribution in [0.5, 0.6) is 0 Å². The Labute approximate surface area is 155 Å². The van der Waals surface area contributed by atoms with Gasteiger partial charge in [0.15, 0.2) is 0 Å². The van der Waals surface area contributed by atoms with Crippen LogP contribution in [0.1, 0.15) is 77.2 Å². The molecule has 2 nitrogen and oxygen atoms in total. The van der Waals surface area contributed by atoms with Gasteiger partial charge in [-0.25, -0.2) is 0 Å². The highest BCUT2D eigenvalue weighted by atomic mass is 32.2. The molecule has 148 valence electrons. The lowest BCUT2D eigenvalue weighted by molar-refractivity contribution is 0.337. The van der Waals surface area contributed by atoms with E-state index in [0.717, 1.165) is 0 Å². The zero-order valence-corrected chi connectivity index (χ0v) is 17.6. The molecular formula is C20H51NOS. The molecule has 0 aliphatic heterocycles. The van der Waals surface area contributed by atoms with E-state index in [1.54, 1.807) is 25.1 Å². The molecular weight excluding hydrogens is 302 g/mol. The number of nitrogens with one attached hydrogen (secondary N) is 1. The molecule has 0 aromatic rings. The van der Waals surface area contributed by atoms with E-state index in [4.69, 9.17) is 0 Å². The molecule has 0 rings (SSSR count). The second kappa shape index (κ2) is 129. The van der Waals surface area contributed by atoms with Gasteiger partial charge in [-0.1, -0.05) is 74.6 Å². The van der Waals surface area contributed by atoms with Crippen molar-refractivity contribution in [3.8, 4) is 0 Å². The summed E-state index contributed by atoms with van der Waals surface area (Å²) in [5.41, 5.74) is 0. The third kappa shape index (κ3) is 291. The molecule has 3 heteroatoms. The smallest absolute Gasteiger partial charge is 0.0781 e. The van der Waals surface area contributed by atoms with Gasteiger partial charge in [0.2, 0.25) is 0 Å². The van der Waals surface area contributed by atoms with E-state index in [2.05, 4.69) is 10.1 Å². The zero-order valence-electron chi connectivity index (χ0n) is 16.8. The van der Waals surface area contributed by atoms with Crippen LogP contribution in [0.3, 0.4) is 0 Å². The third-order valence-electron chi connectivity index (χ3n) is 0.878. The van der Waals surface area contributed by atoms with Crippen molar-refractivity contribution in [3.05, 3.63) is 36.1 Å². The Hall–Kier alpha value is -0.830. The van der Waals surface area contributed by atoms with Crippen LogP contribution >= 0.6 is 11.8 Å². The normalized spacial score (nSPS) is 6.96. The average Bonchev–Trinajstić information content (AvgIpc) is 2.57. The first-order valence-electron chi connectivity index (χ1n) is 7.81. The Morgan fingerprint density at radius 1 is 0.783 bits per heavy atom. The maximum absolute atomic E-state index is 4.51. The minimum atomic E-state index is 0. The lowest BCUT2D eigenvalue weighted by atomic mass is 10.7. The summed E-state index contributed by atoms with van der Waals surface area (Å²) in [4.78, 5) is 0. The molecule has 0 aliphatic carbocycles. The fourth-order valence-electron chi connectivity index (χ4n) is 0.439. The Bertz CT molecular complexity index is 127. The van der Waals surface area contributed by atoms with Crippen molar-refractivity contribution in [3.63, 3.8) is 0 Å². The first-order valence-corrected chi connectivity index (χ1v) is 9.10. The first-order chi connectivity index (χ1) is 10.2. The van der Waals surface area contributed by atoms with Crippen molar-refractivity contribution in [2.75, 3.05) is 20.4 Å². The summed E-state index contributed by atoms with van der Waals surface area (Å²) in [6.07, 6.45) is 11.3. The number of ether oxygens (including phenoxy) is 1. The maximum Gasteiger partial charge on any atom is 0.0781 e. The average molecular weight is 354 g/mol. The van der Waals surface area contributed by atoms with Crippen molar-refractivity contribution in [1.82, 2.24) is 5.32 Å². The number of thioether (sulfide) groups is 1.